The summed E-state index contributed by atoms with van der Waals surface area (Å²) in [7, 11) is 1.74. The molecule has 4 nitrogen and oxygen atoms in total. The van der Waals surface area contributed by atoms with Crippen molar-refractivity contribution in [1.82, 2.24) is 0 Å². The molecule has 1 aromatic carbocycles. The number of fused-ring (bicyclic) bond motifs is 1. The van der Waals surface area contributed by atoms with E-state index in [4.69, 9.17) is 25.8 Å². The summed E-state index contributed by atoms with van der Waals surface area (Å²) in [5, 5.41) is 4.06. The SMILES string of the molecule is COC1CC(Nc2cc3c(cc2Cl)OCO3)C1. The van der Waals surface area contributed by atoms with Crippen LogP contribution in [0.4, 0.5) is 5.69 Å². The minimum absolute atomic E-state index is 0.268. The molecule has 1 aliphatic heterocycles. The van der Waals surface area contributed by atoms with Crippen molar-refractivity contribution in [2.75, 3.05) is 19.2 Å². The maximum atomic E-state index is 6.17. The molecule has 0 amide bonds. The quantitative estimate of drug-likeness (QED) is 0.901. The van der Waals surface area contributed by atoms with Crippen molar-refractivity contribution in [1.29, 1.82) is 0 Å². The first-order valence-corrected chi connectivity index (χ1v) is 6.02. The molecule has 17 heavy (non-hydrogen) atoms. The summed E-state index contributed by atoms with van der Waals surface area (Å²) in [5.74, 6) is 1.46. The van der Waals surface area contributed by atoms with Crippen LogP contribution in [-0.4, -0.2) is 26.0 Å². The Bertz CT molecular complexity index is 432. The first-order chi connectivity index (χ1) is 8.26. The van der Waals surface area contributed by atoms with Crippen molar-refractivity contribution in [2.45, 2.75) is 25.0 Å². The smallest absolute Gasteiger partial charge is 0.231 e. The standard InChI is InChI=1S/C12H14ClNO3/c1-15-8-2-7(3-8)14-10-5-12-11(4-9(10)13)16-6-17-12/h4-5,7-8,14H,2-3,6H2,1H3. The number of ether oxygens (including phenoxy) is 3. The van der Waals surface area contributed by atoms with Crippen LogP contribution >= 0.6 is 11.6 Å². The number of nitrogens with one attached hydrogen (secondary N) is 1. The average Bonchev–Trinajstić information content (AvgIpc) is 2.69. The third-order valence-electron chi connectivity index (χ3n) is 3.25. The molecule has 1 aliphatic carbocycles. The molecule has 92 valence electrons. The van der Waals surface area contributed by atoms with Crippen molar-refractivity contribution in [2.24, 2.45) is 0 Å². The maximum absolute atomic E-state index is 6.17. The van der Waals surface area contributed by atoms with Crippen LogP contribution in [0, 0.1) is 0 Å². The van der Waals surface area contributed by atoms with Crippen LogP contribution in [0.3, 0.4) is 0 Å². The zero-order chi connectivity index (χ0) is 11.8. The van der Waals surface area contributed by atoms with Crippen molar-refractivity contribution >= 4 is 17.3 Å². The second-order valence-corrected chi connectivity index (χ2v) is 4.76. The molecule has 0 aromatic heterocycles. The van der Waals surface area contributed by atoms with Crippen LogP contribution in [0.1, 0.15) is 12.8 Å². The van der Waals surface area contributed by atoms with Crippen LogP contribution in [0.25, 0.3) is 0 Å². The number of anilines is 1. The van der Waals surface area contributed by atoms with Gasteiger partial charge in [-0.3, -0.25) is 0 Å². The molecule has 0 unspecified atom stereocenters. The van der Waals surface area contributed by atoms with Gasteiger partial charge in [-0.25, -0.2) is 0 Å². The Balaban J connectivity index is 1.71. The van der Waals surface area contributed by atoms with Crippen LogP contribution in [-0.2, 0) is 4.74 Å². The van der Waals surface area contributed by atoms with Gasteiger partial charge in [0.2, 0.25) is 6.79 Å². The molecule has 2 aliphatic rings. The number of methoxy groups -OCH3 is 1. The number of hydrogen-bond donors (Lipinski definition) is 1. The molecule has 0 spiro atoms. The molecule has 1 aromatic rings. The first-order valence-electron chi connectivity index (χ1n) is 5.64. The van der Waals surface area contributed by atoms with Gasteiger partial charge in [-0.1, -0.05) is 11.6 Å². The van der Waals surface area contributed by atoms with E-state index in [0.717, 1.165) is 24.3 Å². The zero-order valence-electron chi connectivity index (χ0n) is 9.53. The Kier molecular flexibility index (Phi) is 2.76. The van der Waals surface area contributed by atoms with Gasteiger partial charge in [0.05, 0.1) is 16.8 Å². The number of halogens is 1. The largest absolute Gasteiger partial charge is 0.454 e. The lowest BCUT2D eigenvalue weighted by molar-refractivity contribution is 0.0329. The molecule has 5 heteroatoms. The average molecular weight is 256 g/mol. The van der Waals surface area contributed by atoms with Gasteiger partial charge in [0.15, 0.2) is 11.5 Å². The Morgan fingerprint density at radius 2 is 2.00 bits per heavy atom. The normalized spacial score (nSPS) is 25.5. The fraction of sp³-hybridized carbons (Fsp3) is 0.500. The summed E-state index contributed by atoms with van der Waals surface area (Å²) in [4.78, 5) is 0. The van der Waals surface area contributed by atoms with Gasteiger partial charge in [-0.05, 0) is 12.8 Å². The van der Waals surface area contributed by atoms with Crippen molar-refractivity contribution in [3.8, 4) is 11.5 Å². The van der Waals surface area contributed by atoms with Gasteiger partial charge in [0, 0.05) is 25.3 Å². The third kappa shape index (κ3) is 2.03. The molecule has 0 atom stereocenters. The monoisotopic (exact) mass is 255 g/mol. The molecule has 1 heterocycles. The second kappa shape index (κ2) is 4.27. The second-order valence-electron chi connectivity index (χ2n) is 4.36. The number of hydrogen-bond acceptors (Lipinski definition) is 4. The number of benzene rings is 1. The molecular formula is C12H14ClNO3. The van der Waals surface area contributed by atoms with Gasteiger partial charge in [-0.15, -0.1) is 0 Å². The molecule has 0 radical (unpaired) electrons. The highest BCUT2D eigenvalue weighted by Crippen LogP contribution is 2.40. The van der Waals surface area contributed by atoms with E-state index >= 15 is 0 Å². The van der Waals surface area contributed by atoms with Crippen LogP contribution in [0.5, 0.6) is 11.5 Å². The maximum Gasteiger partial charge on any atom is 0.231 e. The highest BCUT2D eigenvalue weighted by molar-refractivity contribution is 6.33. The minimum atomic E-state index is 0.268. The Hall–Kier alpha value is -1.13. The summed E-state index contributed by atoms with van der Waals surface area (Å²) in [6.45, 7) is 0.268. The van der Waals surface area contributed by atoms with Gasteiger partial charge < -0.3 is 19.5 Å². The van der Waals surface area contributed by atoms with E-state index in [0.29, 0.717) is 22.9 Å². The molecular weight excluding hydrogens is 242 g/mol. The van der Waals surface area contributed by atoms with E-state index in [9.17, 15) is 0 Å². The van der Waals surface area contributed by atoms with Crippen LogP contribution < -0.4 is 14.8 Å². The summed E-state index contributed by atoms with van der Waals surface area (Å²) in [6.07, 6.45) is 2.41. The Morgan fingerprint density at radius 3 is 2.71 bits per heavy atom. The minimum Gasteiger partial charge on any atom is -0.454 e. The van der Waals surface area contributed by atoms with Crippen LogP contribution in [0.2, 0.25) is 5.02 Å². The summed E-state index contributed by atoms with van der Waals surface area (Å²) < 4.78 is 15.8. The molecule has 1 fully saturated rings. The van der Waals surface area contributed by atoms with E-state index in [1.54, 1.807) is 13.2 Å². The highest BCUT2D eigenvalue weighted by atomic mass is 35.5. The summed E-state index contributed by atoms with van der Waals surface area (Å²) in [6, 6.07) is 4.11. The van der Waals surface area contributed by atoms with E-state index in [-0.39, 0.29) is 6.79 Å². The number of rotatable bonds is 3. The lowest BCUT2D eigenvalue weighted by Crippen LogP contribution is -2.40. The first kappa shape index (κ1) is 11.0. The summed E-state index contributed by atoms with van der Waals surface area (Å²) in [5.41, 5.74) is 0.899. The van der Waals surface area contributed by atoms with Crippen LogP contribution in [0.15, 0.2) is 12.1 Å². The Morgan fingerprint density at radius 1 is 1.29 bits per heavy atom. The van der Waals surface area contributed by atoms with Crippen molar-refractivity contribution in [3.63, 3.8) is 0 Å². The molecule has 0 bridgehead atoms. The van der Waals surface area contributed by atoms with Gasteiger partial charge in [0.1, 0.15) is 0 Å². The Labute approximate surface area is 105 Å². The fourth-order valence-electron chi connectivity index (χ4n) is 2.12. The fourth-order valence-corrected chi connectivity index (χ4v) is 2.33. The van der Waals surface area contributed by atoms with E-state index < -0.39 is 0 Å². The van der Waals surface area contributed by atoms with Crippen molar-refractivity contribution < 1.29 is 14.2 Å². The zero-order valence-corrected chi connectivity index (χ0v) is 10.3. The van der Waals surface area contributed by atoms with Gasteiger partial charge >= 0.3 is 0 Å². The molecule has 0 saturated heterocycles. The lowest BCUT2D eigenvalue weighted by atomic mass is 9.89. The highest BCUT2D eigenvalue weighted by Gasteiger charge is 2.29. The topological polar surface area (TPSA) is 39.7 Å². The van der Waals surface area contributed by atoms with Gasteiger partial charge in [-0.2, -0.15) is 0 Å². The van der Waals surface area contributed by atoms with E-state index in [1.807, 2.05) is 6.07 Å². The molecule has 1 saturated carbocycles. The third-order valence-corrected chi connectivity index (χ3v) is 3.56. The molecule has 1 N–H and O–H groups in total. The van der Waals surface area contributed by atoms with E-state index in [1.165, 1.54) is 0 Å². The summed E-state index contributed by atoms with van der Waals surface area (Å²) >= 11 is 6.17. The predicted molar refractivity (Wildman–Crippen MR) is 65.0 cm³/mol. The lowest BCUT2D eigenvalue weighted by Gasteiger charge is -2.35. The predicted octanol–water partition coefficient (Wildman–Crippen LogP) is 2.66. The van der Waals surface area contributed by atoms with E-state index in [2.05, 4.69) is 5.32 Å². The van der Waals surface area contributed by atoms with Gasteiger partial charge in [0.25, 0.3) is 0 Å². The molecule has 3 rings (SSSR count). The van der Waals surface area contributed by atoms with Crippen molar-refractivity contribution in [3.05, 3.63) is 17.2 Å².